The van der Waals surface area contributed by atoms with Crippen LogP contribution in [-0.4, -0.2) is 24.5 Å². The summed E-state index contributed by atoms with van der Waals surface area (Å²) in [6.45, 7) is 0. The molecule has 0 saturated carbocycles. The van der Waals surface area contributed by atoms with Crippen LogP contribution in [0.1, 0.15) is 20.9 Å². The van der Waals surface area contributed by atoms with Crippen LogP contribution in [0.25, 0.3) is 11.3 Å². The SMILES string of the molecule is COC(=O)c1c(-c2ccc(Cl)cc2)noc1C=O. The lowest BCUT2D eigenvalue weighted by Crippen LogP contribution is -2.04. The van der Waals surface area contributed by atoms with E-state index in [0.29, 0.717) is 16.9 Å². The Morgan fingerprint density at radius 1 is 1.39 bits per heavy atom. The predicted octanol–water partition coefficient (Wildman–Crippen LogP) is 2.59. The highest BCUT2D eigenvalue weighted by atomic mass is 35.5. The molecule has 6 heteroatoms. The average Bonchev–Trinajstić information content (AvgIpc) is 2.82. The lowest BCUT2D eigenvalue weighted by Gasteiger charge is -2.00. The fourth-order valence-corrected chi connectivity index (χ4v) is 1.61. The summed E-state index contributed by atoms with van der Waals surface area (Å²) in [7, 11) is 1.22. The van der Waals surface area contributed by atoms with Crippen molar-refractivity contribution in [2.24, 2.45) is 0 Å². The summed E-state index contributed by atoms with van der Waals surface area (Å²) in [5.41, 5.74) is 0.868. The van der Waals surface area contributed by atoms with Crippen LogP contribution in [0, 0.1) is 0 Å². The van der Waals surface area contributed by atoms with Gasteiger partial charge in [-0.05, 0) is 12.1 Å². The average molecular weight is 266 g/mol. The second-order valence-electron chi connectivity index (χ2n) is 3.39. The van der Waals surface area contributed by atoms with Gasteiger partial charge in [0.1, 0.15) is 11.3 Å². The Bertz CT molecular complexity index is 589. The lowest BCUT2D eigenvalue weighted by atomic mass is 10.1. The van der Waals surface area contributed by atoms with Crippen LogP contribution in [0.4, 0.5) is 0 Å². The number of aldehydes is 1. The molecule has 0 aliphatic heterocycles. The van der Waals surface area contributed by atoms with Crippen LogP contribution in [0.5, 0.6) is 0 Å². The Morgan fingerprint density at radius 3 is 2.61 bits per heavy atom. The Morgan fingerprint density at radius 2 is 2.06 bits per heavy atom. The van der Waals surface area contributed by atoms with E-state index < -0.39 is 5.97 Å². The Hall–Kier alpha value is -2.14. The molecule has 0 aliphatic carbocycles. The highest BCUT2D eigenvalue weighted by molar-refractivity contribution is 6.30. The van der Waals surface area contributed by atoms with Gasteiger partial charge in [0, 0.05) is 10.6 Å². The van der Waals surface area contributed by atoms with Crippen molar-refractivity contribution in [2.75, 3.05) is 7.11 Å². The molecular formula is C12H8ClNO4. The van der Waals surface area contributed by atoms with Crippen LogP contribution in [0.3, 0.4) is 0 Å². The molecule has 0 amide bonds. The topological polar surface area (TPSA) is 69.4 Å². The number of esters is 1. The maximum absolute atomic E-state index is 11.6. The maximum Gasteiger partial charge on any atom is 0.344 e. The molecule has 2 rings (SSSR count). The molecule has 0 N–H and O–H groups in total. The molecule has 0 fully saturated rings. The van der Waals surface area contributed by atoms with Gasteiger partial charge in [-0.1, -0.05) is 28.9 Å². The molecular weight excluding hydrogens is 258 g/mol. The zero-order valence-corrected chi connectivity index (χ0v) is 10.1. The number of aromatic nitrogens is 1. The number of nitrogens with zero attached hydrogens (tertiary/aromatic N) is 1. The first-order chi connectivity index (χ1) is 8.67. The van der Waals surface area contributed by atoms with Gasteiger partial charge in [0.05, 0.1) is 7.11 Å². The van der Waals surface area contributed by atoms with Crippen LogP contribution < -0.4 is 0 Å². The monoisotopic (exact) mass is 265 g/mol. The summed E-state index contributed by atoms with van der Waals surface area (Å²) in [4.78, 5) is 22.4. The van der Waals surface area contributed by atoms with Gasteiger partial charge in [0.25, 0.3) is 0 Å². The molecule has 1 aromatic carbocycles. The zero-order valence-electron chi connectivity index (χ0n) is 9.34. The van der Waals surface area contributed by atoms with Gasteiger partial charge in [-0.25, -0.2) is 4.79 Å². The van der Waals surface area contributed by atoms with Gasteiger partial charge in [0.15, 0.2) is 6.29 Å². The molecule has 0 atom stereocenters. The van der Waals surface area contributed by atoms with Gasteiger partial charge < -0.3 is 9.26 Å². The van der Waals surface area contributed by atoms with E-state index in [1.54, 1.807) is 24.3 Å². The second-order valence-corrected chi connectivity index (χ2v) is 3.82. The van der Waals surface area contributed by atoms with E-state index >= 15 is 0 Å². The van der Waals surface area contributed by atoms with Gasteiger partial charge >= 0.3 is 5.97 Å². The Balaban J connectivity index is 2.57. The molecule has 0 saturated heterocycles. The molecule has 2 aromatic rings. The summed E-state index contributed by atoms with van der Waals surface area (Å²) >= 11 is 5.77. The van der Waals surface area contributed by atoms with Crippen molar-refractivity contribution in [3.05, 3.63) is 40.6 Å². The van der Waals surface area contributed by atoms with E-state index in [9.17, 15) is 9.59 Å². The first-order valence-corrected chi connectivity index (χ1v) is 5.34. The highest BCUT2D eigenvalue weighted by Gasteiger charge is 2.24. The van der Waals surface area contributed by atoms with E-state index in [1.807, 2.05) is 0 Å². The molecule has 0 bridgehead atoms. The predicted molar refractivity (Wildman–Crippen MR) is 63.7 cm³/mol. The maximum atomic E-state index is 11.6. The van der Waals surface area contributed by atoms with E-state index in [2.05, 4.69) is 9.89 Å². The third kappa shape index (κ3) is 2.12. The number of hydrogen-bond acceptors (Lipinski definition) is 5. The molecule has 92 valence electrons. The zero-order chi connectivity index (χ0) is 13.1. The summed E-state index contributed by atoms with van der Waals surface area (Å²) in [5, 5.41) is 4.26. The fourth-order valence-electron chi connectivity index (χ4n) is 1.49. The number of ether oxygens (including phenoxy) is 1. The van der Waals surface area contributed by atoms with E-state index in [0.717, 1.165) is 0 Å². The van der Waals surface area contributed by atoms with Gasteiger partial charge in [-0.3, -0.25) is 4.79 Å². The number of carbonyl (C=O) groups excluding carboxylic acids is 2. The normalized spacial score (nSPS) is 10.1. The van der Waals surface area contributed by atoms with Crippen molar-refractivity contribution >= 4 is 23.9 Å². The fraction of sp³-hybridized carbons (Fsp3) is 0.0833. The number of methoxy groups -OCH3 is 1. The quantitative estimate of drug-likeness (QED) is 0.630. The van der Waals surface area contributed by atoms with Crippen molar-refractivity contribution in [3.8, 4) is 11.3 Å². The summed E-state index contributed by atoms with van der Waals surface area (Å²) in [5.74, 6) is -0.838. The van der Waals surface area contributed by atoms with Crippen LogP contribution in [0.15, 0.2) is 28.8 Å². The molecule has 18 heavy (non-hydrogen) atoms. The first kappa shape index (κ1) is 12.3. The molecule has 0 spiro atoms. The van der Waals surface area contributed by atoms with Gasteiger partial charge in [-0.2, -0.15) is 0 Å². The minimum atomic E-state index is -0.678. The third-order valence-corrected chi connectivity index (χ3v) is 2.58. The Labute approximate surface area is 107 Å². The summed E-state index contributed by atoms with van der Waals surface area (Å²) in [6.07, 6.45) is 0.415. The number of hydrogen-bond donors (Lipinski definition) is 0. The van der Waals surface area contributed by atoms with E-state index in [1.165, 1.54) is 7.11 Å². The molecule has 0 unspecified atom stereocenters. The number of halogens is 1. The van der Waals surface area contributed by atoms with E-state index in [4.69, 9.17) is 16.1 Å². The van der Waals surface area contributed by atoms with Gasteiger partial charge in [-0.15, -0.1) is 0 Å². The van der Waals surface area contributed by atoms with Crippen molar-refractivity contribution < 1.29 is 18.8 Å². The number of rotatable bonds is 3. The van der Waals surface area contributed by atoms with Crippen molar-refractivity contribution in [3.63, 3.8) is 0 Å². The Kier molecular flexibility index (Phi) is 3.43. The summed E-state index contributed by atoms with van der Waals surface area (Å²) < 4.78 is 9.40. The molecule has 1 heterocycles. The minimum absolute atomic E-state index is 0.00909. The molecule has 5 nitrogen and oxygen atoms in total. The molecule has 1 aromatic heterocycles. The van der Waals surface area contributed by atoms with Crippen molar-refractivity contribution in [1.29, 1.82) is 0 Å². The standard InChI is InChI=1S/C12H8ClNO4/c1-17-12(16)10-9(6-15)18-14-11(10)7-2-4-8(13)5-3-7/h2-6H,1H3. The van der Waals surface area contributed by atoms with Crippen LogP contribution in [0.2, 0.25) is 5.02 Å². The minimum Gasteiger partial charge on any atom is -0.465 e. The second kappa shape index (κ2) is 5.01. The largest absolute Gasteiger partial charge is 0.465 e. The van der Waals surface area contributed by atoms with E-state index in [-0.39, 0.29) is 17.0 Å². The number of carbonyl (C=O) groups is 2. The highest BCUT2D eigenvalue weighted by Crippen LogP contribution is 2.26. The first-order valence-electron chi connectivity index (χ1n) is 4.96. The van der Waals surface area contributed by atoms with Crippen molar-refractivity contribution in [2.45, 2.75) is 0 Å². The van der Waals surface area contributed by atoms with Crippen LogP contribution >= 0.6 is 11.6 Å². The third-order valence-electron chi connectivity index (χ3n) is 2.33. The molecule has 0 radical (unpaired) electrons. The smallest absolute Gasteiger partial charge is 0.344 e. The summed E-state index contributed by atoms with van der Waals surface area (Å²) in [6, 6.07) is 6.63. The number of benzene rings is 1. The van der Waals surface area contributed by atoms with Gasteiger partial charge in [0.2, 0.25) is 5.76 Å². The lowest BCUT2D eigenvalue weighted by molar-refractivity contribution is 0.0597. The van der Waals surface area contributed by atoms with Crippen LogP contribution in [-0.2, 0) is 4.74 Å². The van der Waals surface area contributed by atoms with Crippen molar-refractivity contribution in [1.82, 2.24) is 5.16 Å². The molecule has 0 aliphatic rings.